The van der Waals surface area contributed by atoms with Gasteiger partial charge in [0.05, 0.1) is 30.4 Å². The van der Waals surface area contributed by atoms with Gasteiger partial charge in [0.25, 0.3) is 5.91 Å². The van der Waals surface area contributed by atoms with Gasteiger partial charge < -0.3 is 18.9 Å². The molecule has 7 heteroatoms. The standard InChI is InChI=1S/C20H19N3O4/c1-12-21-14-10-13(8-9-15(14)22(12)2)19(24)23-11-18(20(25)26-3)27-17-7-5-4-6-16(17)23/h4-10,18H,11H2,1-3H3/t18-/m0/s1. The molecule has 27 heavy (non-hydrogen) atoms. The molecule has 0 saturated heterocycles. The second-order valence-electron chi connectivity index (χ2n) is 6.43. The quantitative estimate of drug-likeness (QED) is 0.652. The molecule has 0 saturated carbocycles. The first kappa shape index (κ1) is 17.1. The smallest absolute Gasteiger partial charge is 0.348 e. The zero-order valence-electron chi connectivity index (χ0n) is 15.3. The highest BCUT2D eigenvalue weighted by molar-refractivity contribution is 6.09. The van der Waals surface area contributed by atoms with Crippen LogP contribution >= 0.6 is 0 Å². The zero-order valence-corrected chi connectivity index (χ0v) is 15.3. The topological polar surface area (TPSA) is 73.7 Å². The van der Waals surface area contributed by atoms with E-state index in [9.17, 15) is 9.59 Å². The molecule has 0 bridgehead atoms. The number of esters is 1. The maximum Gasteiger partial charge on any atom is 0.348 e. The lowest BCUT2D eigenvalue weighted by Crippen LogP contribution is -2.47. The lowest BCUT2D eigenvalue weighted by Gasteiger charge is -2.33. The van der Waals surface area contributed by atoms with Crippen molar-refractivity contribution >= 4 is 28.6 Å². The zero-order chi connectivity index (χ0) is 19.1. The third-order valence-electron chi connectivity index (χ3n) is 4.83. The summed E-state index contributed by atoms with van der Waals surface area (Å²) in [5, 5.41) is 0. The first-order valence-electron chi connectivity index (χ1n) is 8.58. The number of para-hydroxylation sites is 2. The van der Waals surface area contributed by atoms with E-state index in [0.29, 0.717) is 17.0 Å². The Bertz CT molecular complexity index is 1060. The average Bonchev–Trinajstić information content (AvgIpc) is 2.99. The molecule has 0 unspecified atom stereocenters. The van der Waals surface area contributed by atoms with E-state index in [2.05, 4.69) is 4.98 Å². The number of carbonyl (C=O) groups is 2. The summed E-state index contributed by atoms with van der Waals surface area (Å²) in [7, 11) is 3.24. The van der Waals surface area contributed by atoms with E-state index in [4.69, 9.17) is 9.47 Å². The number of fused-ring (bicyclic) bond motifs is 2. The van der Waals surface area contributed by atoms with Crippen molar-refractivity contribution in [3.8, 4) is 5.75 Å². The molecule has 7 nitrogen and oxygen atoms in total. The summed E-state index contributed by atoms with van der Waals surface area (Å²) >= 11 is 0. The number of imidazole rings is 1. The van der Waals surface area contributed by atoms with Gasteiger partial charge in [0.1, 0.15) is 11.6 Å². The largest absolute Gasteiger partial charge is 0.475 e. The van der Waals surface area contributed by atoms with E-state index < -0.39 is 12.1 Å². The molecule has 3 aromatic rings. The summed E-state index contributed by atoms with van der Waals surface area (Å²) in [6, 6.07) is 12.6. The van der Waals surface area contributed by atoms with Gasteiger partial charge in [0.2, 0.25) is 6.10 Å². The second-order valence-corrected chi connectivity index (χ2v) is 6.43. The van der Waals surface area contributed by atoms with Gasteiger partial charge in [-0.2, -0.15) is 0 Å². The predicted molar refractivity (Wildman–Crippen MR) is 100 cm³/mol. The predicted octanol–water partition coefficient (Wildman–Crippen LogP) is 2.46. The Labute approximate surface area is 156 Å². The SMILES string of the molecule is COC(=O)[C@@H]1CN(C(=O)c2ccc3c(c2)nc(C)n3C)c2ccccc2O1. The van der Waals surface area contributed by atoms with Crippen molar-refractivity contribution in [3.05, 3.63) is 53.9 Å². The van der Waals surface area contributed by atoms with E-state index in [1.54, 1.807) is 35.2 Å². The molecule has 4 rings (SSSR count). The van der Waals surface area contributed by atoms with Crippen LogP contribution in [0.2, 0.25) is 0 Å². The Morgan fingerprint density at radius 1 is 1.22 bits per heavy atom. The van der Waals surface area contributed by atoms with Crippen LogP contribution in [0.1, 0.15) is 16.2 Å². The maximum absolute atomic E-state index is 13.2. The van der Waals surface area contributed by atoms with E-state index in [1.807, 2.05) is 30.7 Å². The molecule has 1 aliphatic rings. The molecule has 2 aromatic carbocycles. The van der Waals surface area contributed by atoms with Crippen LogP contribution < -0.4 is 9.64 Å². The molecule has 0 aliphatic carbocycles. The molecule has 0 radical (unpaired) electrons. The van der Waals surface area contributed by atoms with Gasteiger partial charge in [-0.25, -0.2) is 9.78 Å². The molecule has 1 aliphatic heterocycles. The van der Waals surface area contributed by atoms with Crippen molar-refractivity contribution in [1.82, 2.24) is 9.55 Å². The highest BCUT2D eigenvalue weighted by Crippen LogP contribution is 2.34. The number of anilines is 1. The number of hydrogen-bond donors (Lipinski definition) is 0. The van der Waals surface area contributed by atoms with Crippen LogP contribution in [0.3, 0.4) is 0 Å². The number of nitrogens with zero attached hydrogens (tertiary/aromatic N) is 3. The number of ether oxygens (including phenoxy) is 2. The lowest BCUT2D eigenvalue weighted by molar-refractivity contribution is -0.148. The minimum atomic E-state index is -0.866. The number of rotatable bonds is 2. The van der Waals surface area contributed by atoms with Crippen molar-refractivity contribution in [2.24, 2.45) is 7.05 Å². The van der Waals surface area contributed by atoms with Crippen LogP contribution in [0.25, 0.3) is 11.0 Å². The molecule has 1 amide bonds. The molecule has 1 atom stereocenters. The number of hydrogen-bond acceptors (Lipinski definition) is 5. The van der Waals surface area contributed by atoms with Gasteiger partial charge in [-0.15, -0.1) is 0 Å². The van der Waals surface area contributed by atoms with Crippen molar-refractivity contribution < 1.29 is 19.1 Å². The number of aromatic nitrogens is 2. The first-order chi connectivity index (χ1) is 13.0. The molecule has 0 fully saturated rings. The lowest BCUT2D eigenvalue weighted by atomic mass is 10.1. The van der Waals surface area contributed by atoms with Gasteiger partial charge in [-0.05, 0) is 37.3 Å². The molecule has 2 heterocycles. The fraction of sp³-hybridized carbons (Fsp3) is 0.250. The Hall–Kier alpha value is -3.35. The van der Waals surface area contributed by atoms with E-state index in [-0.39, 0.29) is 12.5 Å². The molecule has 1 aromatic heterocycles. The average molecular weight is 365 g/mol. The fourth-order valence-electron chi connectivity index (χ4n) is 3.29. The van der Waals surface area contributed by atoms with E-state index in [1.165, 1.54) is 7.11 Å². The van der Waals surface area contributed by atoms with Gasteiger partial charge in [-0.3, -0.25) is 4.79 Å². The maximum atomic E-state index is 13.2. The van der Waals surface area contributed by atoms with Crippen LogP contribution in [0, 0.1) is 6.92 Å². The van der Waals surface area contributed by atoms with E-state index in [0.717, 1.165) is 16.9 Å². The monoisotopic (exact) mass is 365 g/mol. The summed E-state index contributed by atoms with van der Waals surface area (Å²) in [6.07, 6.45) is -0.866. The van der Waals surface area contributed by atoms with Crippen LogP contribution in [-0.2, 0) is 16.6 Å². The van der Waals surface area contributed by atoms with Crippen molar-refractivity contribution in [1.29, 1.82) is 0 Å². The highest BCUT2D eigenvalue weighted by Gasteiger charge is 2.34. The first-order valence-corrected chi connectivity index (χ1v) is 8.58. The van der Waals surface area contributed by atoms with Crippen molar-refractivity contribution in [3.63, 3.8) is 0 Å². The fourth-order valence-corrected chi connectivity index (χ4v) is 3.29. The number of amides is 1. The summed E-state index contributed by atoms with van der Waals surface area (Å²) in [5.41, 5.74) is 2.84. The molecular formula is C20H19N3O4. The Morgan fingerprint density at radius 2 is 2.00 bits per heavy atom. The summed E-state index contributed by atoms with van der Waals surface area (Å²) in [5.74, 6) is 0.613. The summed E-state index contributed by atoms with van der Waals surface area (Å²) < 4.78 is 12.5. The number of benzene rings is 2. The molecule has 0 spiro atoms. The summed E-state index contributed by atoms with van der Waals surface area (Å²) in [4.78, 5) is 31.3. The molecule has 138 valence electrons. The summed E-state index contributed by atoms with van der Waals surface area (Å²) in [6.45, 7) is 2.00. The minimum Gasteiger partial charge on any atom is -0.475 e. The minimum absolute atomic E-state index is 0.0851. The normalized spacial score (nSPS) is 16.0. The van der Waals surface area contributed by atoms with Gasteiger partial charge in [0, 0.05) is 12.6 Å². The third-order valence-corrected chi connectivity index (χ3v) is 4.83. The van der Waals surface area contributed by atoms with Gasteiger partial charge >= 0.3 is 5.97 Å². The highest BCUT2D eigenvalue weighted by atomic mass is 16.6. The van der Waals surface area contributed by atoms with Crippen LogP contribution in [0.4, 0.5) is 5.69 Å². The Kier molecular flexibility index (Phi) is 4.07. The Morgan fingerprint density at radius 3 is 2.78 bits per heavy atom. The third kappa shape index (κ3) is 2.81. The van der Waals surface area contributed by atoms with Crippen molar-refractivity contribution in [2.75, 3.05) is 18.6 Å². The number of aryl methyl sites for hydroxylation is 2. The Balaban J connectivity index is 1.74. The van der Waals surface area contributed by atoms with Gasteiger partial charge in [-0.1, -0.05) is 12.1 Å². The number of carbonyl (C=O) groups excluding carboxylic acids is 2. The molecule has 0 N–H and O–H groups in total. The van der Waals surface area contributed by atoms with E-state index >= 15 is 0 Å². The van der Waals surface area contributed by atoms with Crippen LogP contribution in [0.5, 0.6) is 5.75 Å². The van der Waals surface area contributed by atoms with Crippen LogP contribution in [0.15, 0.2) is 42.5 Å². The second kappa shape index (κ2) is 6.42. The molecular weight excluding hydrogens is 346 g/mol. The van der Waals surface area contributed by atoms with Crippen molar-refractivity contribution in [2.45, 2.75) is 13.0 Å². The van der Waals surface area contributed by atoms with Gasteiger partial charge in [0.15, 0.2) is 0 Å². The number of methoxy groups -OCH3 is 1. The van der Waals surface area contributed by atoms with Crippen LogP contribution in [-0.4, -0.2) is 41.2 Å².